The van der Waals surface area contributed by atoms with Crippen molar-refractivity contribution in [2.75, 3.05) is 5.32 Å². The molecule has 1 aromatic heterocycles. The number of hydrogen-bond donors (Lipinski definition) is 2. The number of aliphatic hydroxyl groups is 1. The normalized spacial score (nSPS) is 20.5. The molecule has 1 aromatic rings. The van der Waals surface area contributed by atoms with Crippen molar-refractivity contribution in [3.05, 3.63) is 24.0 Å². The SMILES string of the molecule is CC1(C)C(C(=O)Nc2cnccc2CO)C1(C)C. The van der Waals surface area contributed by atoms with Gasteiger partial charge in [-0.1, -0.05) is 27.7 Å². The van der Waals surface area contributed by atoms with Gasteiger partial charge in [-0.3, -0.25) is 9.78 Å². The van der Waals surface area contributed by atoms with Crippen LogP contribution in [0.1, 0.15) is 33.3 Å². The van der Waals surface area contributed by atoms with Crippen molar-refractivity contribution < 1.29 is 9.90 Å². The van der Waals surface area contributed by atoms with Gasteiger partial charge in [0.2, 0.25) is 5.91 Å². The molecule has 4 heteroatoms. The summed E-state index contributed by atoms with van der Waals surface area (Å²) in [6.45, 7) is 8.32. The lowest BCUT2D eigenvalue weighted by molar-refractivity contribution is -0.118. The fourth-order valence-electron chi connectivity index (χ4n) is 2.73. The lowest BCUT2D eigenvalue weighted by Gasteiger charge is -2.09. The zero-order valence-electron chi connectivity index (χ0n) is 11.3. The second-order valence-electron chi connectivity index (χ2n) is 6.06. The van der Waals surface area contributed by atoms with Crippen molar-refractivity contribution in [3.63, 3.8) is 0 Å². The first-order valence-electron chi connectivity index (χ1n) is 6.17. The van der Waals surface area contributed by atoms with Gasteiger partial charge < -0.3 is 10.4 Å². The van der Waals surface area contributed by atoms with Crippen LogP contribution in [0.3, 0.4) is 0 Å². The Hall–Kier alpha value is -1.42. The molecule has 0 radical (unpaired) electrons. The summed E-state index contributed by atoms with van der Waals surface area (Å²) >= 11 is 0. The van der Waals surface area contributed by atoms with Crippen LogP contribution < -0.4 is 5.32 Å². The number of amides is 1. The molecular weight excluding hydrogens is 228 g/mol. The predicted octanol–water partition coefficient (Wildman–Crippen LogP) is 2.19. The first kappa shape index (κ1) is 13.0. The maximum absolute atomic E-state index is 12.3. The van der Waals surface area contributed by atoms with Crippen LogP contribution in [0.2, 0.25) is 0 Å². The van der Waals surface area contributed by atoms with Gasteiger partial charge in [-0.15, -0.1) is 0 Å². The third-order valence-corrected chi connectivity index (χ3v) is 4.62. The maximum Gasteiger partial charge on any atom is 0.228 e. The largest absolute Gasteiger partial charge is 0.392 e. The van der Waals surface area contributed by atoms with E-state index in [9.17, 15) is 9.90 Å². The van der Waals surface area contributed by atoms with Crippen molar-refractivity contribution in [2.24, 2.45) is 16.7 Å². The highest BCUT2D eigenvalue weighted by molar-refractivity contribution is 5.96. The zero-order valence-corrected chi connectivity index (χ0v) is 11.3. The Morgan fingerprint density at radius 2 is 2.00 bits per heavy atom. The van der Waals surface area contributed by atoms with Gasteiger partial charge in [-0.25, -0.2) is 0 Å². The first-order valence-corrected chi connectivity index (χ1v) is 6.17. The predicted molar refractivity (Wildman–Crippen MR) is 69.8 cm³/mol. The monoisotopic (exact) mass is 248 g/mol. The summed E-state index contributed by atoms with van der Waals surface area (Å²) in [6, 6.07) is 1.71. The van der Waals surface area contributed by atoms with E-state index in [1.54, 1.807) is 18.5 Å². The van der Waals surface area contributed by atoms with E-state index in [4.69, 9.17) is 0 Å². The minimum absolute atomic E-state index is 0.00301. The average Bonchev–Trinajstić information content (AvgIpc) is 2.70. The number of nitrogens with one attached hydrogen (secondary N) is 1. The lowest BCUT2D eigenvalue weighted by Crippen LogP contribution is -2.18. The molecule has 0 atom stereocenters. The van der Waals surface area contributed by atoms with Crippen LogP contribution in [0.5, 0.6) is 0 Å². The summed E-state index contributed by atoms with van der Waals surface area (Å²) in [5.74, 6) is 0.00412. The highest BCUT2D eigenvalue weighted by atomic mass is 16.3. The van der Waals surface area contributed by atoms with E-state index in [1.807, 2.05) is 0 Å². The van der Waals surface area contributed by atoms with Crippen LogP contribution in [0, 0.1) is 16.7 Å². The molecule has 1 amide bonds. The molecule has 1 fully saturated rings. The minimum atomic E-state index is -0.102. The Labute approximate surface area is 107 Å². The maximum atomic E-state index is 12.3. The summed E-state index contributed by atoms with van der Waals surface area (Å²) in [5, 5.41) is 12.1. The molecule has 1 heterocycles. The van der Waals surface area contributed by atoms with Gasteiger partial charge in [-0.05, 0) is 16.9 Å². The van der Waals surface area contributed by atoms with Crippen LogP contribution in [0.15, 0.2) is 18.5 Å². The molecule has 0 aromatic carbocycles. The molecule has 2 rings (SSSR count). The van der Waals surface area contributed by atoms with E-state index in [-0.39, 0.29) is 29.3 Å². The Morgan fingerprint density at radius 3 is 2.50 bits per heavy atom. The van der Waals surface area contributed by atoms with Crippen molar-refractivity contribution in [3.8, 4) is 0 Å². The summed E-state index contributed by atoms with van der Waals surface area (Å²) in [4.78, 5) is 16.2. The quantitative estimate of drug-likeness (QED) is 0.862. The molecule has 0 saturated heterocycles. The van der Waals surface area contributed by atoms with Gasteiger partial charge in [-0.2, -0.15) is 0 Å². The highest BCUT2D eigenvalue weighted by Crippen LogP contribution is 2.68. The van der Waals surface area contributed by atoms with Gasteiger partial charge in [0.15, 0.2) is 0 Å². The first-order chi connectivity index (χ1) is 8.32. The molecule has 18 heavy (non-hydrogen) atoms. The number of carbonyl (C=O) groups is 1. The Kier molecular flexibility index (Phi) is 2.93. The molecule has 1 aliphatic rings. The van der Waals surface area contributed by atoms with Gasteiger partial charge in [0.1, 0.15) is 0 Å². The van der Waals surface area contributed by atoms with Crippen LogP contribution in [0.25, 0.3) is 0 Å². The van der Waals surface area contributed by atoms with Crippen LogP contribution in [-0.4, -0.2) is 16.0 Å². The number of anilines is 1. The average molecular weight is 248 g/mol. The van der Waals surface area contributed by atoms with Crippen molar-refractivity contribution in [1.82, 2.24) is 4.98 Å². The molecule has 2 N–H and O–H groups in total. The van der Waals surface area contributed by atoms with Gasteiger partial charge in [0.05, 0.1) is 18.5 Å². The third kappa shape index (κ3) is 1.81. The second-order valence-corrected chi connectivity index (χ2v) is 6.06. The second kappa shape index (κ2) is 4.05. The molecule has 4 nitrogen and oxygen atoms in total. The number of rotatable bonds is 3. The molecular formula is C14H20N2O2. The van der Waals surface area contributed by atoms with Crippen LogP contribution in [-0.2, 0) is 11.4 Å². The molecule has 0 unspecified atom stereocenters. The van der Waals surface area contributed by atoms with Crippen LogP contribution in [0.4, 0.5) is 5.69 Å². The van der Waals surface area contributed by atoms with E-state index in [0.29, 0.717) is 11.3 Å². The van der Waals surface area contributed by atoms with E-state index in [0.717, 1.165) is 0 Å². The lowest BCUT2D eigenvalue weighted by atomic mass is 10.0. The van der Waals surface area contributed by atoms with Crippen molar-refractivity contribution in [2.45, 2.75) is 34.3 Å². The van der Waals surface area contributed by atoms with Crippen LogP contribution >= 0.6 is 0 Å². The number of aliphatic hydroxyl groups excluding tert-OH is 1. The summed E-state index contributed by atoms with van der Waals surface area (Å²) in [5.41, 5.74) is 1.32. The molecule has 0 aliphatic heterocycles. The summed E-state index contributed by atoms with van der Waals surface area (Å²) < 4.78 is 0. The highest BCUT2D eigenvalue weighted by Gasteiger charge is 2.68. The molecule has 1 saturated carbocycles. The fourth-order valence-corrected chi connectivity index (χ4v) is 2.73. The Balaban J connectivity index is 2.14. The third-order valence-electron chi connectivity index (χ3n) is 4.62. The molecule has 98 valence electrons. The Morgan fingerprint density at radius 1 is 1.39 bits per heavy atom. The number of pyridine rings is 1. The summed E-state index contributed by atoms with van der Waals surface area (Å²) in [7, 11) is 0. The smallest absolute Gasteiger partial charge is 0.228 e. The van der Waals surface area contributed by atoms with E-state index in [1.165, 1.54) is 0 Å². The fraction of sp³-hybridized carbons (Fsp3) is 0.571. The standard InChI is InChI=1S/C14H20N2O2/c1-13(2)11(14(13,3)4)12(18)16-10-7-15-6-5-9(10)8-17/h5-7,11,17H,8H2,1-4H3,(H,16,18). The molecule has 0 spiro atoms. The number of hydrogen-bond acceptors (Lipinski definition) is 3. The zero-order chi connectivity index (χ0) is 13.6. The van der Waals surface area contributed by atoms with Crippen molar-refractivity contribution in [1.29, 1.82) is 0 Å². The topological polar surface area (TPSA) is 62.2 Å². The molecule has 1 aliphatic carbocycles. The molecule has 0 bridgehead atoms. The van der Waals surface area contributed by atoms with E-state index < -0.39 is 0 Å². The number of carbonyl (C=O) groups excluding carboxylic acids is 1. The number of aromatic nitrogens is 1. The van der Waals surface area contributed by atoms with E-state index in [2.05, 4.69) is 38.0 Å². The Bertz CT molecular complexity index is 466. The van der Waals surface area contributed by atoms with Gasteiger partial charge in [0.25, 0.3) is 0 Å². The summed E-state index contributed by atoms with van der Waals surface area (Å²) in [6.07, 6.45) is 3.18. The van der Waals surface area contributed by atoms with Gasteiger partial charge >= 0.3 is 0 Å². The number of nitrogens with zero attached hydrogens (tertiary/aromatic N) is 1. The van der Waals surface area contributed by atoms with Gasteiger partial charge in [0, 0.05) is 17.7 Å². The van der Waals surface area contributed by atoms with E-state index >= 15 is 0 Å². The minimum Gasteiger partial charge on any atom is -0.392 e. The van der Waals surface area contributed by atoms with Crippen molar-refractivity contribution >= 4 is 11.6 Å².